The molecule has 0 saturated carbocycles. The molecule has 0 aliphatic rings. The first-order valence-corrected chi connectivity index (χ1v) is 6.85. The number of aromatic nitrogens is 3. The molecule has 2 rings (SSSR count). The van der Waals surface area contributed by atoms with Crippen LogP contribution >= 0.6 is 23.2 Å². The fourth-order valence-corrected chi connectivity index (χ4v) is 1.99. The molecule has 110 valence electrons. The monoisotopic (exact) mass is 326 g/mol. The highest BCUT2D eigenvalue weighted by molar-refractivity contribution is 6.41. The molecule has 2 heterocycles. The lowest BCUT2D eigenvalue weighted by Gasteiger charge is -2.14. The summed E-state index contributed by atoms with van der Waals surface area (Å²) in [6.45, 7) is 1.60. The second kappa shape index (κ2) is 6.69. The van der Waals surface area contributed by atoms with Crippen molar-refractivity contribution in [1.82, 2.24) is 20.1 Å². The van der Waals surface area contributed by atoms with Gasteiger partial charge in [0.2, 0.25) is 5.91 Å². The number of halogens is 2. The van der Waals surface area contributed by atoms with Crippen LogP contribution in [-0.2, 0) is 11.3 Å². The van der Waals surface area contributed by atoms with Crippen molar-refractivity contribution in [3.8, 4) is 0 Å². The van der Waals surface area contributed by atoms with Crippen LogP contribution in [-0.4, -0.2) is 20.7 Å². The van der Waals surface area contributed by atoms with Crippen LogP contribution in [0.25, 0.3) is 0 Å². The number of amides is 1. The molecule has 8 heteroatoms. The summed E-state index contributed by atoms with van der Waals surface area (Å²) in [5, 5.41) is 6.45. The summed E-state index contributed by atoms with van der Waals surface area (Å²) in [4.78, 5) is 27.6. The van der Waals surface area contributed by atoms with Crippen molar-refractivity contribution in [2.24, 2.45) is 0 Å². The van der Waals surface area contributed by atoms with E-state index in [0.717, 1.165) is 10.2 Å². The molecule has 0 radical (unpaired) electrons. The third-order valence-corrected chi connectivity index (χ3v) is 3.57. The maximum atomic E-state index is 11.9. The lowest BCUT2D eigenvalue weighted by Crippen LogP contribution is -2.35. The van der Waals surface area contributed by atoms with E-state index in [9.17, 15) is 9.59 Å². The lowest BCUT2D eigenvalue weighted by atomic mass is 10.1. The smallest absolute Gasteiger partial charge is 0.287 e. The van der Waals surface area contributed by atoms with E-state index in [1.807, 2.05) is 6.92 Å². The van der Waals surface area contributed by atoms with Gasteiger partial charge >= 0.3 is 0 Å². The van der Waals surface area contributed by atoms with E-state index in [1.165, 1.54) is 6.20 Å². The predicted octanol–water partition coefficient (Wildman–Crippen LogP) is 1.82. The number of carbonyl (C=O) groups excluding carboxylic acids is 1. The van der Waals surface area contributed by atoms with Gasteiger partial charge in [-0.3, -0.25) is 14.6 Å². The molecule has 1 atom stereocenters. The maximum absolute atomic E-state index is 11.9. The first kappa shape index (κ1) is 15.5. The van der Waals surface area contributed by atoms with E-state index in [-0.39, 0.29) is 28.5 Å². The van der Waals surface area contributed by atoms with Gasteiger partial charge in [-0.05, 0) is 24.6 Å². The van der Waals surface area contributed by atoms with E-state index in [4.69, 9.17) is 23.2 Å². The Labute approximate surface area is 130 Å². The lowest BCUT2D eigenvalue weighted by molar-refractivity contribution is -0.122. The number of nitrogens with zero attached hydrogens (tertiary/aromatic N) is 3. The highest BCUT2D eigenvalue weighted by atomic mass is 35.5. The summed E-state index contributed by atoms with van der Waals surface area (Å²) in [6, 6.07) is 3.39. The minimum Gasteiger partial charge on any atom is -0.348 e. The van der Waals surface area contributed by atoms with Crippen LogP contribution in [0.4, 0.5) is 0 Å². The molecule has 6 nitrogen and oxygen atoms in total. The average molecular weight is 327 g/mol. The Hall–Kier alpha value is -1.92. The third-order valence-electron chi connectivity index (χ3n) is 2.82. The van der Waals surface area contributed by atoms with E-state index >= 15 is 0 Å². The normalized spacial score (nSPS) is 12.0. The fraction of sp³-hybridized carbons (Fsp3) is 0.231. The van der Waals surface area contributed by atoms with Crippen LogP contribution in [0.3, 0.4) is 0 Å². The van der Waals surface area contributed by atoms with E-state index in [2.05, 4.69) is 15.4 Å². The Morgan fingerprint density at radius 3 is 2.71 bits per heavy atom. The Morgan fingerprint density at radius 1 is 1.38 bits per heavy atom. The topological polar surface area (TPSA) is 76.9 Å². The minimum atomic E-state index is -0.601. The van der Waals surface area contributed by atoms with Crippen LogP contribution in [0.15, 0.2) is 35.5 Å². The molecular weight excluding hydrogens is 315 g/mol. The zero-order chi connectivity index (χ0) is 15.4. The second-order valence-electron chi connectivity index (χ2n) is 4.34. The third kappa shape index (κ3) is 3.80. The molecule has 0 saturated heterocycles. The van der Waals surface area contributed by atoms with Gasteiger partial charge in [0, 0.05) is 12.4 Å². The zero-order valence-corrected chi connectivity index (χ0v) is 12.6. The van der Waals surface area contributed by atoms with Crippen molar-refractivity contribution in [3.63, 3.8) is 0 Å². The van der Waals surface area contributed by atoms with E-state index in [0.29, 0.717) is 0 Å². The van der Waals surface area contributed by atoms with Gasteiger partial charge < -0.3 is 5.32 Å². The predicted molar refractivity (Wildman–Crippen MR) is 79.3 cm³/mol. The molecule has 0 aromatic carbocycles. The summed E-state index contributed by atoms with van der Waals surface area (Å²) in [6.07, 6.45) is 4.51. The van der Waals surface area contributed by atoms with Crippen molar-refractivity contribution in [3.05, 3.63) is 56.7 Å². The van der Waals surface area contributed by atoms with Crippen molar-refractivity contribution in [2.45, 2.75) is 19.5 Å². The highest BCUT2D eigenvalue weighted by Gasteiger charge is 2.13. The van der Waals surface area contributed by atoms with Gasteiger partial charge in [0.25, 0.3) is 5.56 Å². The SMILES string of the molecule is C[C@@H](NC(=O)Cn1ncc(Cl)c(Cl)c1=O)c1ccncc1. The molecule has 0 fully saturated rings. The van der Waals surface area contributed by atoms with Crippen molar-refractivity contribution >= 4 is 29.1 Å². The van der Waals surface area contributed by atoms with Gasteiger partial charge in [-0.15, -0.1) is 0 Å². The first-order chi connectivity index (χ1) is 9.99. The van der Waals surface area contributed by atoms with Gasteiger partial charge in [0.15, 0.2) is 0 Å². The summed E-state index contributed by atoms with van der Waals surface area (Å²) >= 11 is 11.4. The van der Waals surface area contributed by atoms with Crippen LogP contribution < -0.4 is 10.9 Å². The van der Waals surface area contributed by atoms with E-state index < -0.39 is 5.56 Å². The van der Waals surface area contributed by atoms with Crippen LogP contribution in [0.5, 0.6) is 0 Å². The number of hydrogen-bond acceptors (Lipinski definition) is 4. The molecule has 0 aliphatic heterocycles. The van der Waals surface area contributed by atoms with Gasteiger partial charge in [0.05, 0.1) is 17.3 Å². The zero-order valence-electron chi connectivity index (χ0n) is 11.1. The van der Waals surface area contributed by atoms with Gasteiger partial charge in [-0.1, -0.05) is 23.2 Å². The maximum Gasteiger partial charge on any atom is 0.287 e. The quantitative estimate of drug-likeness (QED) is 0.929. The Kier molecular flexibility index (Phi) is 4.93. The van der Waals surface area contributed by atoms with Crippen LogP contribution in [0.2, 0.25) is 10.0 Å². The number of hydrogen-bond donors (Lipinski definition) is 1. The second-order valence-corrected chi connectivity index (χ2v) is 5.12. The number of pyridine rings is 1. The number of carbonyl (C=O) groups is 1. The van der Waals surface area contributed by atoms with Crippen molar-refractivity contribution in [2.75, 3.05) is 0 Å². The van der Waals surface area contributed by atoms with Gasteiger partial charge in [-0.25, -0.2) is 4.68 Å². The van der Waals surface area contributed by atoms with Crippen molar-refractivity contribution in [1.29, 1.82) is 0 Å². The van der Waals surface area contributed by atoms with Crippen LogP contribution in [0.1, 0.15) is 18.5 Å². The summed E-state index contributed by atoms with van der Waals surface area (Å²) < 4.78 is 0.961. The standard InChI is InChI=1S/C13H12Cl2N4O2/c1-8(9-2-4-16-5-3-9)18-11(20)7-19-13(21)12(15)10(14)6-17-19/h2-6,8H,7H2,1H3,(H,18,20)/t8-/m1/s1. The first-order valence-electron chi connectivity index (χ1n) is 6.09. The van der Waals surface area contributed by atoms with Gasteiger partial charge in [0.1, 0.15) is 11.6 Å². The molecular formula is C13H12Cl2N4O2. The Bertz CT molecular complexity index is 703. The molecule has 0 bridgehead atoms. The fourth-order valence-electron chi connectivity index (χ4n) is 1.72. The average Bonchev–Trinajstić information content (AvgIpc) is 2.49. The Morgan fingerprint density at radius 2 is 2.05 bits per heavy atom. The number of rotatable bonds is 4. The molecule has 2 aromatic heterocycles. The van der Waals surface area contributed by atoms with E-state index in [1.54, 1.807) is 24.5 Å². The Balaban J connectivity index is 2.06. The number of nitrogens with one attached hydrogen (secondary N) is 1. The molecule has 0 unspecified atom stereocenters. The highest BCUT2D eigenvalue weighted by Crippen LogP contribution is 2.14. The molecule has 0 spiro atoms. The van der Waals surface area contributed by atoms with Gasteiger partial charge in [-0.2, -0.15) is 5.10 Å². The van der Waals surface area contributed by atoms with Crippen LogP contribution in [0, 0.1) is 0 Å². The summed E-state index contributed by atoms with van der Waals surface area (Å²) in [5.74, 6) is -0.354. The molecule has 1 N–H and O–H groups in total. The summed E-state index contributed by atoms with van der Waals surface area (Å²) in [7, 11) is 0. The van der Waals surface area contributed by atoms with Crippen molar-refractivity contribution < 1.29 is 4.79 Å². The molecule has 0 aliphatic carbocycles. The molecule has 21 heavy (non-hydrogen) atoms. The minimum absolute atomic E-state index is 0.0588. The largest absolute Gasteiger partial charge is 0.348 e. The summed E-state index contributed by atoms with van der Waals surface area (Å²) in [5.41, 5.74) is 0.309. The molecule has 1 amide bonds. The molecule has 2 aromatic rings.